The second-order valence-electron chi connectivity index (χ2n) is 5.65. The van der Waals surface area contributed by atoms with Gasteiger partial charge in [0.05, 0.1) is 11.4 Å². The molecule has 1 rings (SSSR count). The standard InChI is InChI=1S/C16H26N4O4S/c1-5-18-15(21)10-20(6-2)11-16(22)19-13-8-7-12(3)14(9-13)25(23,24)17-4/h7-9,17H,5-6,10-11H2,1-4H3,(H,18,21)(H,19,22)/p+1. The molecule has 2 amide bonds. The highest BCUT2D eigenvalue weighted by molar-refractivity contribution is 7.89. The number of anilines is 1. The van der Waals surface area contributed by atoms with E-state index in [-0.39, 0.29) is 29.8 Å². The molecule has 1 atom stereocenters. The number of amides is 2. The molecule has 0 bridgehead atoms. The third-order valence-corrected chi connectivity index (χ3v) is 5.28. The highest BCUT2D eigenvalue weighted by Crippen LogP contribution is 2.19. The van der Waals surface area contributed by atoms with E-state index < -0.39 is 10.0 Å². The van der Waals surface area contributed by atoms with Crippen molar-refractivity contribution in [3.05, 3.63) is 23.8 Å². The Labute approximate surface area is 149 Å². The van der Waals surface area contributed by atoms with Crippen LogP contribution in [0.3, 0.4) is 0 Å². The van der Waals surface area contributed by atoms with Crippen molar-refractivity contribution in [3.63, 3.8) is 0 Å². The lowest BCUT2D eigenvalue weighted by Crippen LogP contribution is -3.14. The van der Waals surface area contributed by atoms with Gasteiger partial charge in [-0.05, 0) is 45.5 Å². The molecule has 1 unspecified atom stereocenters. The molecule has 0 saturated carbocycles. The van der Waals surface area contributed by atoms with E-state index in [9.17, 15) is 18.0 Å². The van der Waals surface area contributed by atoms with Crippen molar-refractivity contribution in [1.29, 1.82) is 0 Å². The monoisotopic (exact) mass is 371 g/mol. The van der Waals surface area contributed by atoms with Gasteiger partial charge in [0.15, 0.2) is 13.1 Å². The minimum atomic E-state index is -3.60. The maximum atomic E-state index is 12.2. The zero-order valence-corrected chi connectivity index (χ0v) is 15.9. The third kappa shape index (κ3) is 6.45. The molecule has 0 aromatic heterocycles. The van der Waals surface area contributed by atoms with Gasteiger partial charge in [-0.2, -0.15) is 0 Å². The zero-order chi connectivity index (χ0) is 19.0. The average Bonchev–Trinajstić information content (AvgIpc) is 2.56. The molecule has 0 aliphatic rings. The summed E-state index contributed by atoms with van der Waals surface area (Å²) in [4.78, 5) is 24.8. The summed E-state index contributed by atoms with van der Waals surface area (Å²) in [7, 11) is -2.26. The van der Waals surface area contributed by atoms with Gasteiger partial charge in [0.1, 0.15) is 0 Å². The number of hydrogen-bond donors (Lipinski definition) is 4. The summed E-state index contributed by atoms with van der Waals surface area (Å²) in [5.74, 6) is -0.386. The number of nitrogens with one attached hydrogen (secondary N) is 4. The van der Waals surface area contributed by atoms with E-state index in [1.807, 2.05) is 13.8 Å². The van der Waals surface area contributed by atoms with Crippen LogP contribution in [0.1, 0.15) is 19.4 Å². The molecule has 0 fully saturated rings. The number of carbonyl (C=O) groups excluding carboxylic acids is 2. The number of rotatable bonds is 9. The van der Waals surface area contributed by atoms with E-state index in [2.05, 4.69) is 15.4 Å². The molecule has 0 aliphatic carbocycles. The number of hydrogen-bond acceptors (Lipinski definition) is 4. The summed E-state index contributed by atoms with van der Waals surface area (Å²) in [6.07, 6.45) is 0. The lowest BCUT2D eigenvalue weighted by atomic mass is 10.2. The average molecular weight is 371 g/mol. The molecule has 0 saturated heterocycles. The molecule has 1 aromatic rings. The number of quaternary nitrogens is 1. The summed E-state index contributed by atoms with van der Waals surface area (Å²) in [6.45, 7) is 6.92. The number of benzene rings is 1. The summed E-state index contributed by atoms with van der Waals surface area (Å²) in [5.41, 5.74) is 0.988. The van der Waals surface area contributed by atoms with Gasteiger partial charge in [-0.15, -0.1) is 0 Å². The maximum Gasteiger partial charge on any atom is 0.279 e. The Morgan fingerprint density at radius 1 is 1.12 bits per heavy atom. The molecule has 140 valence electrons. The summed E-state index contributed by atoms with van der Waals surface area (Å²) >= 11 is 0. The second-order valence-corrected chi connectivity index (χ2v) is 7.50. The van der Waals surface area contributed by atoms with Gasteiger partial charge in [0, 0.05) is 12.2 Å². The largest absolute Gasteiger partial charge is 0.351 e. The van der Waals surface area contributed by atoms with Crippen LogP contribution in [-0.2, 0) is 19.6 Å². The van der Waals surface area contributed by atoms with E-state index in [1.165, 1.54) is 13.1 Å². The highest BCUT2D eigenvalue weighted by atomic mass is 32.2. The number of carbonyl (C=O) groups is 2. The molecule has 0 spiro atoms. The fourth-order valence-corrected chi connectivity index (χ4v) is 3.30. The van der Waals surface area contributed by atoms with Crippen molar-refractivity contribution in [2.75, 3.05) is 38.5 Å². The first-order chi connectivity index (χ1) is 11.7. The van der Waals surface area contributed by atoms with Crippen molar-refractivity contribution in [2.45, 2.75) is 25.7 Å². The van der Waals surface area contributed by atoms with Crippen molar-refractivity contribution < 1.29 is 22.9 Å². The summed E-state index contributed by atoms with van der Waals surface area (Å²) in [6, 6.07) is 4.71. The quantitative estimate of drug-likeness (QED) is 0.441. The lowest BCUT2D eigenvalue weighted by molar-refractivity contribution is -0.881. The molecule has 0 radical (unpaired) electrons. The minimum absolute atomic E-state index is 0.107. The molecule has 4 N–H and O–H groups in total. The summed E-state index contributed by atoms with van der Waals surface area (Å²) in [5, 5.41) is 5.40. The first-order valence-electron chi connectivity index (χ1n) is 8.17. The Morgan fingerprint density at radius 3 is 2.32 bits per heavy atom. The fourth-order valence-electron chi connectivity index (χ4n) is 2.31. The van der Waals surface area contributed by atoms with Gasteiger partial charge in [-0.1, -0.05) is 6.07 Å². The molecular formula is C16H27N4O4S+. The Kier molecular flexibility index (Phi) is 8.01. The zero-order valence-electron chi connectivity index (χ0n) is 15.1. The first-order valence-corrected chi connectivity index (χ1v) is 9.66. The van der Waals surface area contributed by atoms with E-state index in [1.54, 1.807) is 19.1 Å². The number of aryl methyl sites for hydroxylation is 1. The molecular weight excluding hydrogens is 344 g/mol. The van der Waals surface area contributed by atoms with Crippen molar-refractivity contribution >= 4 is 27.5 Å². The lowest BCUT2D eigenvalue weighted by Gasteiger charge is -2.17. The Hall–Kier alpha value is -1.97. The second kappa shape index (κ2) is 9.50. The van der Waals surface area contributed by atoms with Crippen LogP contribution in [-0.4, -0.2) is 53.5 Å². The predicted molar refractivity (Wildman–Crippen MR) is 96.0 cm³/mol. The third-order valence-electron chi connectivity index (χ3n) is 3.73. The molecule has 0 aliphatic heterocycles. The molecule has 9 heteroatoms. The molecule has 1 aromatic carbocycles. The topological polar surface area (TPSA) is 109 Å². The van der Waals surface area contributed by atoms with Gasteiger partial charge >= 0.3 is 0 Å². The molecule has 0 heterocycles. The van der Waals surface area contributed by atoms with Crippen molar-refractivity contribution in [3.8, 4) is 0 Å². The summed E-state index contributed by atoms with van der Waals surface area (Å²) < 4.78 is 26.3. The highest BCUT2D eigenvalue weighted by Gasteiger charge is 2.18. The van der Waals surface area contributed by atoms with E-state index in [0.29, 0.717) is 24.3 Å². The number of sulfonamides is 1. The van der Waals surface area contributed by atoms with Gasteiger partial charge < -0.3 is 15.5 Å². The van der Waals surface area contributed by atoms with Crippen molar-refractivity contribution in [2.24, 2.45) is 0 Å². The van der Waals surface area contributed by atoms with Gasteiger partial charge in [0.25, 0.3) is 11.8 Å². The first kappa shape index (κ1) is 21.1. The van der Waals surface area contributed by atoms with Crippen LogP contribution in [0.2, 0.25) is 0 Å². The molecule has 25 heavy (non-hydrogen) atoms. The van der Waals surface area contributed by atoms with Crippen LogP contribution in [0.15, 0.2) is 23.1 Å². The van der Waals surface area contributed by atoms with E-state index in [0.717, 1.165) is 4.90 Å². The van der Waals surface area contributed by atoms with Crippen LogP contribution >= 0.6 is 0 Å². The SMILES string of the molecule is CCNC(=O)C[NH+](CC)CC(=O)Nc1ccc(C)c(S(=O)(=O)NC)c1. The van der Waals surface area contributed by atoms with Gasteiger partial charge in [-0.3, -0.25) is 9.59 Å². The van der Waals surface area contributed by atoms with Gasteiger partial charge in [-0.25, -0.2) is 13.1 Å². The predicted octanol–water partition coefficient (Wildman–Crippen LogP) is -1.12. The van der Waals surface area contributed by atoms with Crippen LogP contribution in [0.4, 0.5) is 5.69 Å². The molecule has 8 nitrogen and oxygen atoms in total. The van der Waals surface area contributed by atoms with Crippen LogP contribution in [0.25, 0.3) is 0 Å². The smallest absolute Gasteiger partial charge is 0.279 e. The maximum absolute atomic E-state index is 12.2. The Morgan fingerprint density at radius 2 is 1.76 bits per heavy atom. The fraction of sp³-hybridized carbons (Fsp3) is 0.500. The number of likely N-dealkylation sites (N-methyl/N-ethyl adjacent to an activating group) is 2. The van der Waals surface area contributed by atoms with Crippen LogP contribution in [0, 0.1) is 6.92 Å². The Bertz CT molecular complexity index is 719. The van der Waals surface area contributed by atoms with Crippen LogP contribution < -0.4 is 20.3 Å². The van der Waals surface area contributed by atoms with Crippen molar-refractivity contribution in [1.82, 2.24) is 10.0 Å². The Balaban J connectivity index is 2.80. The normalized spacial score (nSPS) is 12.5. The van der Waals surface area contributed by atoms with E-state index in [4.69, 9.17) is 0 Å². The van der Waals surface area contributed by atoms with E-state index >= 15 is 0 Å². The van der Waals surface area contributed by atoms with Crippen LogP contribution in [0.5, 0.6) is 0 Å². The minimum Gasteiger partial charge on any atom is -0.351 e. The van der Waals surface area contributed by atoms with Gasteiger partial charge in [0.2, 0.25) is 10.0 Å².